The number of hydrogen-bond donors (Lipinski definition) is 0. The van der Waals surface area contributed by atoms with Gasteiger partial charge in [0.2, 0.25) is 5.91 Å². The lowest BCUT2D eigenvalue weighted by molar-refractivity contribution is -0.141. The number of nitrogens with zero attached hydrogens (tertiary/aromatic N) is 3. The van der Waals surface area contributed by atoms with Gasteiger partial charge in [-0.3, -0.25) is 14.2 Å². The minimum Gasteiger partial charge on any atom is -0.333 e. The molecule has 0 aliphatic heterocycles. The number of rotatable bonds is 5. The maximum Gasteiger partial charge on any atom is 0.261 e. The van der Waals surface area contributed by atoms with Crippen LogP contribution in [0, 0.1) is 5.41 Å². The Hall–Kier alpha value is -2.95. The molecule has 2 aromatic carbocycles. The van der Waals surface area contributed by atoms with Crippen LogP contribution in [-0.2, 0) is 11.3 Å². The average Bonchev–Trinajstić information content (AvgIpc) is 2.70. The van der Waals surface area contributed by atoms with E-state index in [1.165, 1.54) is 0 Å². The van der Waals surface area contributed by atoms with Gasteiger partial charge >= 0.3 is 0 Å². The number of amides is 1. The molecule has 3 aromatic rings. The molecule has 1 atom stereocenters. The Labute approximate surface area is 172 Å². The summed E-state index contributed by atoms with van der Waals surface area (Å²) in [5.74, 6) is 0.651. The molecule has 0 aliphatic carbocycles. The van der Waals surface area contributed by atoms with Gasteiger partial charge in [0.25, 0.3) is 5.56 Å². The Kier molecular flexibility index (Phi) is 5.87. The van der Waals surface area contributed by atoms with Gasteiger partial charge in [0.1, 0.15) is 5.82 Å². The number of aromatic nitrogens is 2. The second-order valence-electron chi connectivity index (χ2n) is 8.38. The minimum atomic E-state index is -0.508. The summed E-state index contributed by atoms with van der Waals surface area (Å²) in [7, 11) is 0. The molecule has 0 N–H and O–H groups in total. The van der Waals surface area contributed by atoms with E-state index >= 15 is 0 Å². The third-order valence-corrected chi connectivity index (χ3v) is 5.16. The smallest absolute Gasteiger partial charge is 0.261 e. The highest BCUT2D eigenvalue weighted by molar-refractivity contribution is 5.82. The van der Waals surface area contributed by atoms with E-state index < -0.39 is 5.41 Å². The molecule has 0 saturated carbocycles. The highest BCUT2D eigenvalue weighted by atomic mass is 16.2. The largest absolute Gasteiger partial charge is 0.333 e. The van der Waals surface area contributed by atoms with Gasteiger partial charge in [0, 0.05) is 12.0 Å². The summed E-state index contributed by atoms with van der Waals surface area (Å²) in [5.41, 5.74) is 1.08. The zero-order valence-corrected chi connectivity index (χ0v) is 17.8. The number of para-hydroxylation sites is 1. The molecule has 0 radical (unpaired) electrons. The van der Waals surface area contributed by atoms with Crippen molar-refractivity contribution in [2.75, 3.05) is 6.54 Å². The first-order valence-electron chi connectivity index (χ1n) is 10.1. The van der Waals surface area contributed by atoms with Crippen molar-refractivity contribution in [1.29, 1.82) is 0 Å². The number of fused-ring (bicyclic) bond motifs is 1. The van der Waals surface area contributed by atoms with Gasteiger partial charge in [-0.05, 0) is 31.5 Å². The Morgan fingerprint density at radius 2 is 1.69 bits per heavy atom. The molecule has 1 heterocycles. The van der Waals surface area contributed by atoms with E-state index in [0.717, 1.165) is 5.56 Å². The summed E-state index contributed by atoms with van der Waals surface area (Å²) in [6, 6.07) is 16.9. The molecule has 1 aromatic heterocycles. The van der Waals surface area contributed by atoms with Crippen molar-refractivity contribution in [3.8, 4) is 0 Å². The summed E-state index contributed by atoms with van der Waals surface area (Å²) in [6.07, 6.45) is 0. The van der Waals surface area contributed by atoms with Crippen molar-refractivity contribution < 1.29 is 4.79 Å². The maximum atomic E-state index is 13.4. The highest BCUT2D eigenvalue weighted by Crippen LogP contribution is 2.26. The first-order valence-corrected chi connectivity index (χ1v) is 10.1. The molecule has 5 nitrogen and oxygen atoms in total. The van der Waals surface area contributed by atoms with Gasteiger partial charge in [-0.1, -0.05) is 63.2 Å². The molecular formula is C24H29N3O2. The van der Waals surface area contributed by atoms with E-state index in [1.54, 1.807) is 15.5 Å². The number of benzene rings is 2. The van der Waals surface area contributed by atoms with Gasteiger partial charge < -0.3 is 4.90 Å². The van der Waals surface area contributed by atoms with Gasteiger partial charge in [-0.2, -0.15) is 0 Å². The van der Waals surface area contributed by atoms with Gasteiger partial charge in [-0.25, -0.2) is 4.98 Å². The normalized spacial score (nSPS) is 12.7. The molecule has 0 bridgehead atoms. The SMILES string of the molecule is CCN(C(=O)C(C)(C)C)C(C)c1nc2ccccc2c(=O)n1Cc1ccccc1. The van der Waals surface area contributed by atoms with Crippen LogP contribution in [-0.4, -0.2) is 26.9 Å². The predicted octanol–water partition coefficient (Wildman–Crippen LogP) is 4.40. The second-order valence-corrected chi connectivity index (χ2v) is 8.38. The van der Waals surface area contributed by atoms with Crippen molar-refractivity contribution >= 4 is 16.8 Å². The molecular weight excluding hydrogens is 362 g/mol. The minimum absolute atomic E-state index is 0.0427. The van der Waals surface area contributed by atoms with E-state index in [9.17, 15) is 9.59 Å². The molecule has 0 spiro atoms. The average molecular weight is 392 g/mol. The van der Waals surface area contributed by atoms with Crippen LogP contribution in [0.1, 0.15) is 52.0 Å². The molecule has 0 saturated heterocycles. The van der Waals surface area contributed by atoms with Crippen molar-refractivity contribution in [2.45, 2.75) is 47.2 Å². The summed E-state index contributed by atoms with van der Waals surface area (Å²) >= 11 is 0. The van der Waals surface area contributed by atoms with E-state index in [1.807, 2.05) is 83.1 Å². The van der Waals surface area contributed by atoms with E-state index in [4.69, 9.17) is 4.98 Å². The Morgan fingerprint density at radius 3 is 2.31 bits per heavy atom. The fourth-order valence-electron chi connectivity index (χ4n) is 3.59. The lowest BCUT2D eigenvalue weighted by Gasteiger charge is -2.34. The molecule has 0 fully saturated rings. The molecule has 152 valence electrons. The van der Waals surface area contributed by atoms with E-state index in [0.29, 0.717) is 29.8 Å². The zero-order valence-electron chi connectivity index (χ0n) is 17.8. The maximum absolute atomic E-state index is 13.4. The van der Waals surface area contributed by atoms with Gasteiger partial charge in [0.05, 0.1) is 23.5 Å². The van der Waals surface area contributed by atoms with Crippen LogP contribution in [0.5, 0.6) is 0 Å². The van der Waals surface area contributed by atoms with Gasteiger partial charge in [-0.15, -0.1) is 0 Å². The third-order valence-electron chi connectivity index (χ3n) is 5.16. The summed E-state index contributed by atoms with van der Waals surface area (Å²) in [4.78, 5) is 33.0. The number of carbonyl (C=O) groups excluding carboxylic acids is 1. The lowest BCUT2D eigenvalue weighted by Crippen LogP contribution is -2.43. The van der Waals surface area contributed by atoms with Crippen molar-refractivity contribution in [3.05, 3.63) is 76.3 Å². The molecule has 5 heteroatoms. The Bertz CT molecular complexity index is 1060. The number of hydrogen-bond acceptors (Lipinski definition) is 3. The number of carbonyl (C=O) groups is 1. The first kappa shape index (κ1) is 20.8. The van der Waals surface area contributed by atoms with E-state index in [-0.39, 0.29) is 17.5 Å². The molecule has 1 unspecified atom stereocenters. The van der Waals surface area contributed by atoms with Crippen LogP contribution in [0.15, 0.2) is 59.4 Å². The summed E-state index contributed by atoms with van der Waals surface area (Å²) < 4.78 is 1.71. The lowest BCUT2D eigenvalue weighted by atomic mass is 9.94. The molecule has 3 rings (SSSR count). The van der Waals surface area contributed by atoms with Crippen LogP contribution >= 0.6 is 0 Å². The Morgan fingerprint density at radius 1 is 1.07 bits per heavy atom. The first-order chi connectivity index (χ1) is 13.7. The summed E-state index contributed by atoms with van der Waals surface area (Å²) in [5, 5.41) is 0.588. The highest BCUT2D eigenvalue weighted by Gasteiger charge is 2.32. The predicted molar refractivity (Wildman–Crippen MR) is 117 cm³/mol. The van der Waals surface area contributed by atoms with Crippen LogP contribution in [0.25, 0.3) is 10.9 Å². The van der Waals surface area contributed by atoms with Crippen molar-refractivity contribution in [3.63, 3.8) is 0 Å². The zero-order chi connectivity index (χ0) is 21.2. The molecule has 1 amide bonds. The van der Waals surface area contributed by atoms with Crippen LogP contribution < -0.4 is 5.56 Å². The molecule has 0 aliphatic rings. The van der Waals surface area contributed by atoms with Crippen LogP contribution in [0.2, 0.25) is 0 Å². The second kappa shape index (κ2) is 8.19. The Balaban J connectivity index is 2.18. The fraction of sp³-hybridized carbons (Fsp3) is 0.375. The van der Waals surface area contributed by atoms with Crippen LogP contribution in [0.3, 0.4) is 0 Å². The fourth-order valence-corrected chi connectivity index (χ4v) is 3.59. The topological polar surface area (TPSA) is 55.2 Å². The standard InChI is InChI=1S/C24H29N3O2/c1-6-26(23(29)24(3,4)5)17(2)21-25-20-15-11-10-14-19(20)22(28)27(21)16-18-12-8-7-9-13-18/h7-15,17H,6,16H2,1-5H3. The van der Waals surface area contributed by atoms with E-state index in [2.05, 4.69) is 0 Å². The van der Waals surface area contributed by atoms with Gasteiger partial charge in [0.15, 0.2) is 0 Å². The monoisotopic (exact) mass is 391 g/mol. The van der Waals surface area contributed by atoms with Crippen molar-refractivity contribution in [1.82, 2.24) is 14.5 Å². The third kappa shape index (κ3) is 4.24. The van der Waals surface area contributed by atoms with Crippen molar-refractivity contribution in [2.24, 2.45) is 5.41 Å². The van der Waals surface area contributed by atoms with Crippen LogP contribution in [0.4, 0.5) is 0 Å². The molecule has 29 heavy (non-hydrogen) atoms. The quantitative estimate of drug-likeness (QED) is 0.648. The summed E-state index contributed by atoms with van der Waals surface area (Å²) in [6.45, 7) is 10.6.